The van der Waals surface area contributed by atoms with E-state index in [1.54, 1.807) is 7.05 Å². The van der Waals surface area contributed by atoms with Gasteiger partial charge in [0.2, 0.25) is 5.96 Å². The van der Waals surface area contributed by atoms with E-state index in [-0.39, 0.29) is 23.1 Å². The summed E-state index contributed by atoms with van der Waals surface area (Å²) in [7, 11) is 1.65. The number of ketones is 1. The largest absolute Gasteiger partial charge is 0.353 e. The summed E-state index contributed by atoms with van der Waals surface area (Å²) in [4.78, 5) is 30.9. The van der Waals surface area contributed by atoms with Crippen LogP contribution in [0.25, 0.3) is 0 Å². The second-order valence-corrected chi connectivity index (χ2v) is 11.2. The van der Waals surface area contributed by atoms with E-state index < -0.39 is 5.41 Å². The van der Waals surface area contributed by atoms with Crippen LogP contribution in [0.4, 0.5) is 0 Å². The molecule has 37 heavy (non-hydrogen) atoms. The van der Waals surface area contributed by atoms with Gasteiger partial charge in [-0.25, -0.2) is 0 Å². The Hall–Kier alpha value is -3.66. The van der Waals surface area contributed by atoms with Crippen LogP contribution in [0.1, 0.15) is 82.5 Å². The molecule has 2 aromatic rings. The lowest BCUT2D eigenvalue weighted by molar-refractivity contribution is 0.0861. The summed E-state index contributed by atoms with van der Waals surface area (Å²) in [6.07, 6.45) is 6.05. The normalized spacial score (nSPS) is 22.6. The first-order valence-electron chi connectivity index (χ1n) is 13.0. The fourth-order valence-corrected chi connectivity index (χ4v) is 6.15. The van der Waals surface area contributed by atoms with Crippen LogP contribution in [0, 0.1) is 30.7 Å². The molecule has 0 bridgehead atoms. The zero-order valence-electron chi connectivity index (χ0n) is 22.5. The molecule has 0 aliphatic heterocycles. The molecule has 0 unspecified atom stereocenters. The lowest BCUT2D eigenvalue weighted by Crippen LogP contribution is -2.49. The first kappa shape index (κ1) is 26.4. The number of aliphatic imine (C=N–C) groups is 1. The van der Waals surface area contributed by atoms with Crippen LogP contribution < -0.4 is 16.0 Å². The van der Waals surface area contributed by atoms with E-state index in [0.717, 1.165) is 47.9 Å². The molecule has 0 saturated heterocycles. The average Bonchev–Trinajstić information content (AvgIpc) is 3.12. The van der Waals surface area contributed by atoms with Crippen molar-refractivity contribution in [3.8, 4) is 6.19 Å². The van der Waals surface area contributed by atoms with E-state index in [4.69, 9.17) is 5.26 Å². The number of hydrogen-bond acceptors (Lipinski definition) is 4. The lowest BCUT2D eigenvalue weighted by Gasteiger charge is -2.41. The van der Waals surface area contributed by atoms with Gasteiger partial charge in [0, 0.05) is 41.6 Å². The van der Waals surface area contributed by atoms with Crippen LogP contribution >= 0.6 is 0 Å². The Labute approximate surface area is 219 Å². The maximum atomic E-state index is 13.7. The number of aryl methyl sites for hydroxylation is 2. The zero-order valence-corrected chi connectivity index (χ0v) is 22.5. The molecule has 2 aromatic carbocycles. The van der Waals surface area contributed by atoms with E-state index in [0.29, 0.717) is 24.5 Å². The number of Topliss-reactive ketones (excluding diaryl/α,β-unsaturated/α-hetero) is 1. The van der Waals surface area contributed by atoms with Crippen molar-refractivity contribution in [1.82, 2.24) is 16.0 Å². The fraction of sp³-hybridized carbons (Fsp3) is 0.467. The van der Waals surface area contributed by atoms with Gasteiger partial charge in [0.15, 0.2) is 12.0 Å². The van der Waals surface area contributed by atoms with Crippen LogP contribution in [0.5, 0.6) is 0 Å². The van der Waals surface area contributed by atoms with Crippen molar-refractivity contribution in [3.05, 3.63) is 69.8 Å². The van der Waals surface area contributed by atoms with Gasteiger partial charge in [0.05, 0.1) is 0 Å². The monoisotopic (exact) mass is 499 g/mol. The van der Waals surface area contributed by atoms with Crippen molar-refractivity contribution in [3.63, 3.8) is 0 Å². The highest BCUT2D eigenvalue weighted by atomic mass is 16.1. The minimum Gasteiger partial charge on any atom is -0.353 e. The Kier molecular flexibility index (Phi) is 7.40. The summed E-state index contributed by atoms with van der Waals surface area (Å²) in [5, 5.41) is 18.1. The van der Waals surface area contributed by atoms with E-state index in [9.17, 15) is 9.59 Å². The Morgan fingerprint density at radius 3 is 2.43 bits per heavy atom. The average molecular weight is 500 g/mol. The van der Waals surface area contributed by atoms with Crippen molar-refractivity contribution < 1.29 is 9.59 Å². The summed E-state index contributed by atoms with van der Waals surface area (Å²) in [6.45, 7) is 8.37. The molecule has 1 saturated carbocycles. The molecule has 2 aliphatic carbocycles. The number of nitriles is 1. The number of carbonyl (C=O) groups is 2. The van der Waals surface area contributed by atoms with Gasteiger partial charge in [-0.05, 0) is 68.2 Å². The molecule has 1 amide bonds. The number of rotatable bonds is 5. The summed E-state index contributed by atoms with van der Waals surface area (Å²) in [6, 6.07) is 12.6. The zero-order chi connectivity index (χ0) is 26.8. The topological polar surface area (TPSA) is 106 Å². The van der Waals surface area contributed by atoms with E-state index in [1.165, 1.54) is 5.56 Å². The fourth-order valence-electron chi connectivity index (χ4n) is 6.15. The highest BCUT2D eigenvalue weighted by Gasteiger charge is 2.42. The number of carbonyl (C=O) groups excluding carboxylic acids is 2. The van der Waals surface area contributed by atoms with Crippen LogP contribution in [0.2, 0.25) is 0 Å². The SMILES string of the molecule is CN=C(NC#N)NC1CCC(CNC(=O)c2c(C)cc(C)c3c2CC(C)(C)C3=O)(c2ccccc2)CC1. The molecule has 2 aliphatic rings. The molecule has 0 spiro atoms. The Morgan fingerprint density at radius 1 is 1.14 bits per heavy atom. The highest BCUT2D eigenvalue weighted by molar-refractivity contribution is 6.10. The molecule has 3 N–H and O–H groups in total. The number of nitrogens with zero attached hydrogens (tertiary/aromatic N) is 2. The van der Waals surface area contributed by atoms with Crippen molar-refractivity contribution in [1.29, 1.82) is 5.26 Å². The number of guanidine groups is 1. The lowest BCUT2D eigenvalue weighted by atomic mass is 9.68. The standard InChI is InChI=1S/C30H37N5O2/c1-19-15-20(2)25(23-16-29(3,4)26(36)24(19)23)27(37)33-17-30(21-9-7-6-8-10-21)13-11-22(12-14-30)35-28(32-5)34-18-31/h6-10,15,22H,11-14,16-17H2,1-5H3,(H,33,37)(H2,32,34,35). The van der Waals surface area contributed by atoms with Crippen molar-refractivity contribution >= 4 is 17.6 Å². The van der Waals surface area contributed by atoms with E-state index in [2.05, 4.69) is 33.1 Å². The Balaban J connectivity index is 1.56. The maximum Gasteiger partial charge on any atom is 0.251 e. The molecule has 194 valence electrons. The molecule has 0 radical (unpaired) electrons. The quantitative estimate of drug-likeness (QED) is 0.246. The van der Waals surface area contributed by atoms with Gasteiger partial charge >= 0.3 is 0 Å². The van der Waals surface area contributed by atoms with Crippen LogP contribution in [-0.4, -0.2) is 37.3 Å². The van der Waals surface area contributed by atoms with E-state index >= 15 is 0 Å². The first-order valence-corrected chi connectivity index (χ1v) is 13.0. The smallest absolute Gasteiger partial charge is 0.251 e. The number of benzene rings is 2. The highest BCUT2D eigenvalue weighted by Crippen LogP contribution is 2.42. The Morgan fingerprint density at radius 2 is 1.81 bits per heavy atom. The van der Waals surface area contributed by atoms with Crippen LogP contribution in [0.3, 0.4) is 0 Å². The van der Waals surface area contributed by atoms with Crippen molar-refractivity contribution in [2.45, 2.75) is 71.3 Å². The molecular formula is C30H37N5O2. The minimum atomic E-state index is -0.492. The molecule has 0 atom stereocenters. The minimum absolute atomic E-state index is 0.103. The maximum absolute atomic E-state index is 13.7. The summed E-state index contributed by atoms with van der Waals surface area (Å²) in [5.41, 5.74) is 4.67. The van der Waals surface area contributed by atoms with Crippen molar-refractivity contribution in [2.24, 2.45) is 10.4 Å². The molecule has 0 heterocycles. The summed E-state index contributed by atoms with van der Waals surface area (Å²) < 4.78 is 0. The van der Waals surface area contributed by atoms with Gasteiger partial charge < -0.3 is 10.6 Å². The van der Waals surface area contributed by atoms with Crippen LogP contribution in [-0.2, 0) is 11.8 Å². The number of hydrogen-bond donors (Lipinski definition) is 3. The van der Waals surface area contributed by atoms with Gasteiger partial charge in [-0.15, -0.1) is 0 Å². The third kappa shape index (κ3) is 5.11. The molecule has 4 rings (SSSR count). The molecule has 7 nitrogen and oxygen atoms in total. The van der Waals surface area contributed by atoms with E-state index in [1.807, 2.05) is 58.2 Å². The number of nitrogens with one attached hydrogen (secondary N) is 3. The molecular weight excluding hydrogens is 462 g/mol. The van der Waals surface area contributed by atoms with Gasteiger partial charge in [-0.2, -0.15) is 5.26 Å². The van der Waals surface area contributed by atoms with Gasteiger partial charge in [0.25, 0.3) is 5.91 Å². The van der Waals surface area contributed by atoms with Gasteiger partial charge in [-0.3, -0.25) is 19.9 Å². The van der Waals surface area contributed by atoms with Crippen molar-refractivity contribution in [2.75, 3.05) is 13.6 Å². The third-order valence-electron chi connectivity index (χ3n) is 8.17. The second-order valence-electron chi connectivity index (χ2n) is 11.2. The summed E-state index contributed by atoms with van der Waals surface area (Å²) >= 11 is 0. The second kappa shape index (κ2) is 10.4. The first-order chi connectivity index (χ1) is 17.6. The number of amides is 1. The predicted octanol–water partition coefficient (Wildman–Crippen LogP) is 4.32. The predicted molar refractivity (Wildman–Crippen MR) is 146 cm³/mol. The van der Waals surface area contributed by atoms with Crippen LogP contribution in [0.15, 0.2) is 41.4 Å². The molecule has 0 aromatic heterocycles. The molecule has 7 heteroatoms. The molecule has 1 fully saturated rings. The Bertz CT molecular complexity index is 1270. The van der Waals surface area contributed by atoms with Gasteiger partial charge in [0.1, 0.15) is 0 Å². The summed E-state index contributed by atoms with van der Waals surface area (Å²) in [5.74, 6) is 0.504. The third-order valence-corrected chi connectivity index (χ3v) is 8.17. The van der Waals surface area contributed by atoms with Gasteiger partial charge in [-0.1, -0.05) is 50.2 Å². The number of fused-ring (bicyclic) bond motifs is 1.